The lowest BCUT2D eigenvalue weighted by atomic mass is 9.81. The van der Waals surface area contributed by atoms with Crippen LogP contribution in [0.5, 0.6) is 0 Å². The molecule has 0 radical (unpaired) electrons. The maximum absolute atomic E-state index is 12.7. The molecule has 1 aliphatic rings. The van der Waals surface area contributed by atoms with Gasteiger partial charge in [0.1, 0.15) is 0 Å². The Morgan fingerprint density at radius 2 is 2.05 bits per heavy atom. The van der Waals surface area contributed by atoms with Gasteiger partial charge in [-0.1, -0.05) is 18.2 Å². The number of carbonyl (C=O) groups is 2. The van der Waals surface area contributed by atoms with E-state index in [0.29, 0.717) is 0 Å². The third-order valence-electron chi connectivity index (χ3n) is 3.37. The van der Waals surface area contributed by atoms with Crippen LogP contribution in [0.2, 0.25) is 0 Å². The molecule has 0 saturated carbocycles. The summed E-state index contributed by atoms with van der Waals surface area (Å²) in [7, 11) is 0. The summed E-state index contributed by atoms with van der Waals surface area (Å²) in [5.41, 5.74) is -0.553. The third kappa shape index (κ3) is 2.92. The van der Waals surface area contributed by atoms with Crippen molar-refractivity contribution in [3.8, 4) is 0 Å². The molecule has 108 valence electrons. The average Bonchev–Trinajstić information content (AvgIpc) is 2.37. The molecule has 1 heterocycles. The third-order valence-corrected chi connectivity index (χ3v) is 3.37. The molecule has 0 bridgehead atoms. The number of amides is 1. The molecule has 2 unspecified atom stereocenters. The summed E-state index contributed by atoms with van der Waals surface area (Å²) < 4.78 is 38.0. The Hall–Kier alpha value is -2.05. The molecule has 20 heavy (non-hydrogen) atoms. The highest BCUT2D eigenvalue weighted by Gasteiger charge is 2.37. The van der Waals surface area contributed by atoms with Crippen molar-refractivity contribution in [2.45, 2.75) is 18.5 Å². The van der Waals surface area contributed by atoms with Crippen molar-refractivity contribution in [3.05, 3.63) is 35.4 Å². The normalized spacial score (nSPS) is 23.2. The number of alkyl halides is 3. The van der Waals surface area contributed by atoms with Crippen molar-refractivity contribution in [2.75, 3.05) is 6.54 Å². The number of hydrogen-bond acceptors (Lipinski definition) is 2. The Morgan fingerprint density at radius 1 is 1.35 bits per heavy atom. The second-order valence-corrected chi connectivity index (χ2v) is 4.68. The number of rotatable bonds is 2. The molecule has 2 N–H and O–H groups in total. The van der Waals surface area contributed by atoms with Crippen LogP contribution in [-0.4, -0.2) is 23.5 Å². The zero-order valence-corrected chi connectivity index (χ0v) is 10.3. The van der Waals surface area contributed by atoms with E-state index in [1.807, 2.05) is 0 Å². The first-order chi connectivity index (χ1) is 9.29. The molecule has 0 aromatic heterocycles. The number of nitrogens with one attached hydrogen (secondary N) is 1. The summed E-state index contributed by atoms with van der Waals surface area (Å²) in [6.45, 7) is 0.0249. The molecule has 0 aliphatic carbocycles. The van der Waals surface area contributed by atoms with Gasteiger partial charge in [0.2, 0.25) is 5.91 Å². The molecule has 0 spiro atoms. The van der Waals surface area contributed by atoms with E-state index in [2.05, 4.69) is 5.32 Å². The molecule has 1 aromatic carbocycles. The predicted octanol–water partition coefficient (Wildman–Crippen LogP) is 2.01. The zero-order chi connectivity index (χ0) is 14.9. The number of hydrogen-bond donors (Lipinski definition) is 2. The molecule has 1 fully saturated rings. The Balaban J connectivity index is 2.34. The summed E-state index contributed by atoms with van der Waals surface area (Å²) in [4.78, 5) is 22.4. The molecule has 2 rings (SSSR count). The largest absolute Gasteiger partial charge is 0.481 e. The molecular formula is C13H12F3NO3. The van der Waals surface area contributed by atoms with Gasteiger partial charge in [-0.2, -0.15) is 13.2 Å². The molecule has 2 atom stereocenters. The van der Waals surface area contributed by atoms with Crippen LogP contribution >= 0.6 is 0 Å². The van der Waals surface area contributed by atoms with Crippen molar-refractivity contribution in [1.29, 1.82) is 0 Å². The van der Waals surface area contributed by atoms with Crippen LogP contribution in [0, 0.1) is 5.92 Å². The van der Waals surface area contributed by atoms with E-state index >= 15 is 0 Å². The van der Waals surface area contributed by atoms with Crippen LogP contribution in [0.25, 0.3) is 0 Å². The average molecular weight is 287 g/mol. The van der Waals surface area contributed by atoms with Crippen molar-refractivity contribution in [1.82, 2.24) is 5.32 Å². The molecular weight excluding hydrogens is 275 g/mol. The maximum Gasteiger partial charge on any atom is 0.416 e. The van der Waals surface area contributed by atoms with Crippen LogP contribution < -0.4 is 5.32 Å². The minimum absolute atomic E-state index is 0.0249. The topological polar surface area (TPSA) is 66.4 Å². The quantitative estimate of drug-likeness (QED) is 0.874. The van der Waals surface area contributed by atoms with Gasteiger partial charge >= 0.3 is 12.1 Å². The number of benzene rings is 1. The Labute approximate surface area is 112 Å². The van der Waals surface area contributed by atoms with E-state index in [0.717, 1.165) is 12.1 Å². The highest BCUT2D eigenvalue weighted by molar-refractivity contribution is 5.84. The SMILES string of the molecule is O=C1CC(C(=O)O)C(c2cccc(C(F)(F)F)c2)CN1. The summed E-state index contributed by atoms with van der Waals surface area (Å²) in [6, 6.07) is 4.57. The second-order valence-electron chi connectivity index (χ2n) is 4.68. The van der Waals surface area contributed by atoms with Crippen molar-refractivity contribution in [2.24, 2.45) is 5.92 Å². The van der Waals surface area contributed by atoms with Crippen molar-refractivity contribution in [3.63, 3.8) is 0 Å². The zero-order valence-electron chi connectivity index (χ0n) is 10.3. The number of aliphatic carboxylic acids is 1. The Bertz CT molecular complexity index is 542. The predicted molar refractivity (Wildman–Crippen MR) is 62.9 cm³/mol. The van der Waals surface area contributed by atoms with Gasteiger partial charge in [-0.3, -0.25) is 9.59 Å². The first-order valence-electron chi connectivity index (χ1n) is 5.95. The van der Waals surface area contributed by atoms with Gasteiger partial charge in [-0.15, -0.1) is 0 Å². The second kappa shape index (κ2) is 5.15. The fourth-order valence-corrected chi connectivity index (χ4v) is 2.34. The maximum atomic E-state index is 12.7. The summed E-state index contributed by atoms with van der Waals surface area (Å²) in [6.07, 6.45) is -4.71. The summed E-state index contributed by atoms with van der Waals surface area (Å²) >= 11 is 0. The fraction of sp³-hybridized carbons (Fsp3) is 0.385. The first kappa shape index (κ1) is 14.4. The van der Waals surface area contributed by atoms with Gasteiger partial charge in [0, 0.05) is 18.9 Å². The molecule has 7 heteroatoms. The number of halogens is 3. The molecule has 1 saturated heterocycles. The van der Waals surface area contributed by atoms with Gasteiger partial charge in [0.25, 0.3) is 0 Å². The van der Waals surface area contributed by atoms with Gasteiger partial charge in [0.05, 0.1) is 11.5 Å². The number of piperidine rings is 1. The van der Waals surface area contributed by atoms with E-state index in [-0.39, 0.29) is 18.5 Å². The highest BCUT2D eigenvalue weighted by atomic mass is 19.4. The van der Waals surface area contributed by atoms with E-state index < -0.39 is 35.5 Å². The van der Waals surface area contributed by atoms with E-state index in [1.54, 1.807) is 0 Å². The van der Waals surface area contributed by atoms with Crippen LogP contribution in [0.1, 0.15) is 23.5 Å². The lowest BCUT2D eigenvalue weighted by molar-refractivity contribution is -0.146. The van der Waals surface area contributed by atoms with E-state index in [4.69, 9.17) is 5.11 Å². The minimum atomic E-state index is -4.48. The van der Waals surface area contributed by atoms with E-state index in [9.17, 15) is 22.8 Å². The minimum Gasteiger partial charge on any atom is -0.481 e. The van der Waals surface area contributed by atoms with Crippen LogP contribution in [0.15, 0.2) is 24.3 Å². The summed E-state index contributed by atoms with van der Waals surface area (Å²) in [5, 5.41) is 11.6. The lowest BCUT2D eigenvalue weighted by Gasteiger charge is -2.29. The van der Waals surface area contributed by atoms with Crippen LogP contribution in [0.4, 0.5) is 13.2 Å². The van der Waals surface area contributed by atoms with Crippen molar-refractivity contribution >= 4 is 11.9 Å². The number of carbonyl (C=O) groups excluding carboxylic acids is 1. The summed E-state index contributed by atoms with van der Waals surface area (Å²) in [5.74, 6) is -3.25. The molecule has 1 aliphatic heterocycles. The molecule has 1 aromatic rings. The van der Waals surface area contributed by atoms with Crippen molar-refractivity contribution < 1.29 is 27.9 Å². The van der Waals surface area contributed by atoms with Crippen LogP contribution in [0.3, 0.4) is 0 Å². The van der Waals surface area contributed by atoms with E-state index in [1.165, 1.54) is 12.1 Å². The number of carboxylic acid groups (broad SMARTS) is 1. The molecule has 4 nitrogen and oxygen atoms in total. The van der Waals surface area contributed by atoms with Gasteiger partial charge in [-0.05, 0) is 11.6 Å². The fourth-order valence-electron chi connectivity index (χ4n) is 2.34. The van der Waals surface area contributed by atoms with Crippen LogP contribution in [-0.2, 0) is 15.8 Å². The highest BCUT2D eigenvalue weighted by Crippen LogP contribution is 2.34. The molecule has 1 amide bonds. The number of carboxylic acids is 1. The Kier molecular flexibility index (Phi) is 3.69. The smallest absolute Gasteiger partial charge is 0.416 e. The lowest BCUT2D eigenvalue weighted by Crippen LogP contribution is -2.42. The standard InChI is InChI=1S/C13H12F3NO3/c14-13(15,16)8-3-1-2-7(4-8)10-6-17-11(18)5-9(10)12(19)20/h1-4,9-10H,5-6H2,(H,17,18)(H,19,20). The monoisotopic (exact) mass is 287 g/mol. The first-order valence-corrected chi connectivity index (χ1v) is 5.95. The Morgan fingerprint density at radius 3 is 2.65 bits per heavy atom. The van der Waals surface area contributed by atoms with Gasteiger partial charge in [-0.25, -0.2) is 0 Å². The van der Waals surface area contributed by atoms with Gasteiger partial charge in [0.15, 0.2) is 0 Å². The van der Waals surface area contributed by atoms with Gasteiger partial charge < -0.3 is 10.4 Å².